The van der Waals surface area contributed by atoms with Crippen molar-refractivity contribution in [3.63, 3.8) is 0 Å². The van der Waals surface area contributed by atoms with Crippen LogP contribution in [0.4, 0.5) is 4.39 Å². The van der Waals surface area contributed by atoms with Crippen LogP contribution in [0.25, 0.3) is 0 Å². The van der Waals surface area contributed by atoms with Crippen LogP contribution < -0.4 is 10.6 Å². The van der Waals surface area contributed by atoms with E-state index in [0.29, 0.717) is 26.2 Å². The lowest BCUT2D eigenvalue weighted by Gasteiger charge is -2.30. The van der Waals surface area contributed by atoms with E-state index in [1.54, 1.807) is 7.11 Å². The van der Waals surface area contributed by atoms with Crippen LogP contribution in [0.15, 0.2) is 24.3 Å². The molecule has 0 unspecified atom stereocenters. The van der Waals surface area contributed by atoms with E-state index in [-0.39, 0.29) is 17.1 Å². The fourth-order valence-electron chi connectivity index (χ4n) is 3.13. The average molecular weight is 308 g/mol. The molecule has 22 heavy (non-hydrogen) atoms. The van der Waals surface area contributed by atoms with E-state index in [1.807, 2.05) is 12.1 Å². The summed E-state index contributed by atoms with van der Waals surface area (Å²) in [5, 5.41) is 6.05. The summed E-state index contributed by atoms with van der Waals surface area (Å²) in [4.78, 5) is 11.9. The number of benzene rings is 1. The van der Waals surface area contributed by atoms with Gasteiger partial charge in [0.25, 0.3) is 0 Å². The quantitative estimate of drug-likeness (QED) is 0.722. The molecule has 0 aliphatic heterocycles. The highest BCUT2D eigenvalue weighted by atomic mass is 19.1. The first-order valence-electron chi connectivity index (χ1n) is 7.89. The lowest BCUT2D eigenvalue weighted by molar-refractivity contribution is -0.120. The van der Waals surface area contributed by atoms with Gasteiger partial charge in [-0.3, -0.25) is 4.79 Å². The third-order valence-corrected chi connectivity index (χ3v) is 4.41. The lowest BCUT2D eigenvalue weighted by Crippen LogP contribution is -2.42. The highest BCUT2D eigenvalue weighted by Gasteiger charge is 2.35. The molecule has 0 atom stereocenters. The van der Waals surface area contributed by atoms with Crippen LogP contribution in [0.3, 0.4) is 0 Å². The van der Waals surface area contributed by atoms with Crippen LogP contribution in [-0.4, -0.2) is 39.3 Å². The van der Waals surface area contributed by atoms with Crippen molar-refractivity contribution in [2.45, 2.75) is 31.1 Å². The first-order valence-corrected chi connectivity index (χ1v) is 7.89. The molecule has 122 valence electrons. The number of carbonyl (C=O) groups is 1. The molecule has 0 heterocycles. The maximum Gasteiger partial charge on any atom is 0.233 e. The molecule has 1 aliphatic carbocycles. The zero-order valence-corrected chi connectivity index (χ0v) is 13.2. The summed E-state index contributed by atoms with van der Waals surface area (Å²) in [6.07, 6.45) is 4.38. The summed E-state index contributed by atoms with van der Waals surface area (Å²) >= 11 is 0. The lowest BCUT2D eigenvalue weighted by atomic mass is 9.79. The Morgan fingerprint density at radius 2 is 1.95 bits per heavy atom. The van der Waals surface area contributed by atoms with Gasteiger partial charge in [-0.15, -0.1) is 0 Å². The normalized spacial score (nSPS) is 16.6. The van der Waals surface area contributed by atoms with Crippen molar-refractivity contribution in [3.05, 3.63) is 35.6 Å². The van der Waals surface area contributed by atoms with Crippen molar-refractivity contribution in [1.82, 2.24) is 10.6 Å². The average Bonchev–Trinajstić information content (AvgIpc) is 3.00. The largest absolute Gasteiger partial charge is 0.383 e. The van der Waals surface area contributed by atoms with E-state index in [1.165, 1.54) is 12.1 Å². The predicted molar refractivity (Wildman–Crippen MR) is 84.3 cm³/mol. The molecule has 0 bridgehead atoms. The third-order valence-electron chi connectivity index (χ3n) is 4.41. The molecule has 0 saturated heterocycles. The Morgan fingerprint density at radius 1 is 1.27 bits per heavy atom. The first kappa shape index (κ1) is 16.9. The van der Waals surface area contributed by atoms with Crippen molar-refractivity contribution in [2.75, 3.05) is 33.4 Å². The standard InChI is InChI=1S/C17H25FN2O2/c1-22-11-10-19-12-16(21)20-13-17(8-2-3-9-17)14-4-6-15(18)7-5-14/h4-7,19H,2-3,8-13H2,1H3,(H,20,21). The molecular formula is C17H25FN2O2. The number of methoxy groups -OCH3 is 1. The fraction of sp³-hybridized carbons (Fsp3) is 0.588. The molecule has 5 heteroatoms. The van der Waals surface area contributed by atoms with Gasteiger partial charge in [-0.2, -0.15) is 0 Å². The van der Waals surface area contributed by atoms with Gasteiger partial charge in [0.15, 0.2) is 0 Å². The molecule has 1 saturated carbocycles. The molecule has 4 nitrogen and oxygen atoms in total. The van der Waals surface area contributed by atoms with Gasteiger partial charge >= 0.3 is 0 Å². The van der Waals surface area contributed by atoms with Crippen LogP contribution in [0.1, 0.15) is 31.2 Å². The number of rotatable bonds is 8. The van der Waals surface area contributed by atoms with Crippen molar-refractivity contribution in [2.24, 2.45) is 0 Å². The highest BCUT2D eigenvalue weighted by molar-refractivity contribution is 5.78. The summed E-state index contributed by atoms with van der Waals surface area (Å²) in [6, 6.07) is 6.71. The molecule has 1 aromatic rings. The van der Waals surface area contributed by atoms with Crippen molar-refractivity contribution in [1.29, 1.82) is 0 Å². The van der Waals surface area contributed by atoms with E-state index >= 15 is 0 Å². The number of carbonyl (C=O) groups excluding carboxylic acids is 1. The molecule has 2 rings (SSSR count). The van der Waals surface area contributed by atoms with Gasteiger partial charge < -0.3 is 15.4 Å². The maximum absolute atomic E-state index is 13.1. The third kappa shape index (κ3) is 4.52. The molecule has 0 radical (unpaired) electrons. The van der Waals surface area contributed by atoms with Crippen LogP contribution in [0.5, 0.6) is 0 Å². The maximum atomic E-state index is 13.1. The fourth-order valence-corrected chi connectivity index (χ4v) is 3.13. The second-order valence-corrected chi connectivity index (χ2v) is 5.94. The zero-order valence-electron chi connectivity index (χ0n) is 13.2. The van der Waals surface area contributed by atoms with Gasteiger partial charge in [0.1, 0.15) is 5.82 Å². The Morgan fingerprint density at radius 3 is 2.59 bits per heavy atom. The molecule has 0 spiro atoms. The van der Waals surface area contributed by atoms with Crippen molar-refractivity contribution in [3.8, 4) is 0 Å². The van der Waals surface area contributed by atoms with E-state index in [4.69, 9.17) is 4.74 Å². The summed E-state index contributed by atoms with van der Waals surface area (Å²) < 4.78 is 18.0. The van der Waals surface area contributed by atoms with E-state index in [9.17, 15) is 9.18 Å². The number of hydrogen-bond donors (Lipinski definition) is 2. The highest BCUT2D eigenvalue weighted by Crippen LogP contribution is 2.40. The second kappa shape index (κ2) is 8.25. The number of halogens is 1. The SMILES string of the molecule is COCCNCC(=O)NCC1(c2ccc(F)cc2)CCCC1. The molecule has 1 amide bonds. The van der Waals surface area contributed by atoms with Gasteiger partial charge in [-0.1, -0.05) is 25.0 Å². The Labute approximate surface area is 131 Å². The van der Waals surface area contributed by atoms with Crippen molar-refractivity contribution >= 4 is 5.91 Å². The smallest absolute Gasteiger partial charge is 0.233 e. The van der Waals surface area contributed by atoms with Crippen molar-refractivity contribution < 1.29 is 13.9 Å². The van der Waals surface area contributed by atoms with E-state index < -0.39 is 0 Å². The Bertz CT molecular complexity index is 470. The monoisotopic (exact) mass is 308 g/mol. The van der Waals surface area contributed by atoms with Gasteiger partial charge in [-0.25, -0.2) is 4.39 Å². The summed E-state index contributed by atoms with van der Waals surface area (Å²) in [6.45, 7) is 2.16. The van der Waals surface area contributed by atoms with E-state index in [2.05, 4.69) is 10.6 Å². The summed E-state index contributed by atoms with van der Waals surface area (Å²) in [7, 11) is 1.63. The summed E-state index contributed by atoms with van der Waals surface area (Å²) in [5.74, 6) is -0.229. The number of hydrogen-bond acceptors (Lipinski definition) is 3. The molecule has 1 aliphatic rings. The molecule has 1 aromatic carbocycles. The van der Waals surface area contributed by atoms with Crippen LogP contribution >= 0.6 is 0 Å². The summed E-state index contributed by atoms with van der Waals surface area (Å²) in [5.41, 5.74) is 1.08. The van der Waals surface area contributed by atoms with Gasteiger partial charge in [0, 0.05) is 25.6 Å². The Kier molecular flexibility index (Phi) is 6.34. The number of amides is 1. The minimum absolute atomic E-state index is 0.00973. The molecular weight excluding hydrogens is 283 g/mol. The number of ether oxygens (including phenoxy) is 1. The predicted octanol–water partition coefficient (Wildman–Crippen LogP) is 1.99. The molecule has 1 fully saturated rings. The minimum Gasteiger partial charge on any atom is -0.383 e. The van der Waals surface area contributed by atoms with Gasteiger partial charge in [0.05, 0.1) is 13.2 Å². The molecule has 0 aromatic heterocycles. The van der Waals surface area contributed by atoms with E-state index in [0.717, 1.165) is 31.2 Å². The Hall–Kier alpha value is -1.46. The second-order valence-electron chi connectivity index (χ2n) is 5.94. The topological polar surface area (TPSA) is 50.4 Å². The zero-order chi connectivity index (χ0) is 15.8. The van der Waals surface area contributed by atoms with Crippen LogP contribution in [-0.2, 0) is 14.9 Å². The Balaban J connectivity index is 1.89. The van der Waals surface area contributed by atoms with Gasteiger partial charge in [0.2, 0.25) is 5.91 Å². The molecule has 2 N–H and O–H groups in total. The van der Waals surface area contributed by atoms with Gasteiger partial charge in [-0.05, 0) is 30.5 Å². The van der Waals surface area contributed by atoms with Crippen LogP contribution in [0, 0.1) is 5.82 Å². The minimum atomic E-state index is -0.219. The first-order chi connectivity index (χ1) is 10.7. The van der Waals surface area contributed by atoms with Crippen LogP contribution in [0.2, 0.25) is 0 Å². The number of nitrogens with one attached hydrogen (secondary N) is 2.